The van der Waals surface area contributed by atoms with Crippen molar-refractivity contribution in [2.45, 2.75) is 58.1 Å². The van der Waals surface area contributed by atoms with Crippen molar-refractivity contribution >= 4 is 22.0 Å². The number of hydrogen-bond acceptors (Lipinski definition) is 5. The van der Waals surface area contributed by atoms with Crippen LogP contribution >= 0.6 is 11.3 Å². The fourth-order valence-electron chi connectivity index (χ4n) is 2.80. The molecular formula is C14H22N2O3S. The zero-order valence-electron chi connectivity index (χ0n) is 12.0. The van der Waals surface area contributed by atoms with Gasteiger partial charge in [0.2, 0.25) is 0 Å². The highest BCUT2D eigenvalue weighted by Gasteiger charge is 2.29. The number of nitro groups is 1. The Morgan fingerprint density at radius 1 is 1.55 bits per heavy atom. The van der Waals surface area contributed by atoms with Gasteiger partial charge in [-0.1, -0.05) is 19.8 Å². The van der Waals surface area contributed by atoms with E-state index in [2.05, 4.69) is 11.8 Å². The first-order chi connectivity index (χ1) is 9.54. The minimum Gasteiger partial charge on any atom is -0.388 e. The van der Waals surface area contributed by atoms with Crippen molar-refractivity contribution in [1.82, 2.24) is 0 Å². The van der Waals surface area contributed by atoms with Crippen LogP contribution in [0.4, 0.5) is 10.7 Å². The van der Waals surface area contributed by atoms with Gasteiger partial charge in [0.25, 0.3) is 0 Å². The van der Waals surface area contributed by atoms with E-state index in [1.807, 2.05) is 0 Å². The highest BCUT2D eigenvalue weighted by atomic mass is 32.1. The Hall–Kier alpha value is -1.14. The van der Waals surface area contributed by atoms with E-state index in [9.17, 15) is 15.2 Å². The maximum Gasteiger partial charge on any atom is 0.304 e. The lowest BCUT2D eigenvalue weighted by Gasteiger charge is -2.29. The van der Waals surface area contributed by atoms with Crippen molar-refractivity contribution in [2.24, 2.45) is 0 Å². The van der Waals surface area contributed by atoms with Crippen LogP contribution in [0.2, 0.25) is 0 Å². The van der Waals surface area contributed by atoms with E-state index in [0.717, 1.165) is 30.8 Å². The van der Waals surface area contributed by atoms with Gasteiger partial charge in [0, 0.05) is 23.5 Å². The molecule has 2 rings (SSSR count). The molecule has 1 aliphatic rings. The second kappa shape index (κ2) is 6.54. The van der Waals surface area contributed by atoms with Crippen LogP contribution < -0.4 is 4.90 Å². The van der Waals surface area contributed by atoms with Crippen molar-refractivity contribution in [1.29, 1.82) is 0 Å². The molecule has 2 unspecified atom stereocenters. The van der Waals surface area contributed by atoms with E-state index < -0.39 is 6.10 Å². The summed E-state index contributed by atoms with van der Waals surface area (Å²) in [6.07, 6.45) is 4.90. The minimum atomic E-state index is -0.653. The number of thiophene rings is 1. The van der Waals surface area contributed by atoms with Crippen LogP contribution in [0.25, 0.3) is 0 Å². The summed E-state index contributed by atoms with van der Waals surface area (Å²) in [4.78, 5) is 13.8. The molecule has 2 atom stereocenters. The van der Waals surface area contributed by atoms with Crippen LogP contribution in [0.3, 0.4) is 0 Å². The van der Waals surface area contributed by atoms with Crippen molar-refractivity contribution in [3.8, 4) is 0 Å². The Labute approximate surface area is 123 Å². The summed E-state index contributed by atoms with van der Waals surface area (Å²) in [6, 6.07) is 1.90. The largest absolute Gasteiger partial charge is 0.388 e. The lowest BCUT2D eigenvalue weighted by molar-refractivity contribution is -0.383. The Morgan fingerprint density at radius 2 is 2.30 bits per heavy atom. The quantitative estimate of drug-likeness (QED) is 0.677. The van der Waals surface area contributed by atoms with E-state index in [4.69, 9.17) is 0 Å². The van der Waals surface area contributed by atoms with Gasteiger partial charge in [-0.05, 0) is 26.2 Å². The topological polar surface area (TPSA) is 66.6 Å². The van der Waals surface area contributed by atoms with Crippen molar-refractivity contribution in [3.63, 3.8) is 0 Å². The molecule has 0 aromatic carbocycles. The zero-order valence-corrected chi connectivity index (χ0v) is 12.9. The Bertz CT molecular complexity index is 473. The molecule has 0 spiro atoms. The predicted molar refractivity (Wildman–Crippen MR) is 81.5 cm³/mol. The fourth-order valence-corrected chi connectivity index (χ4v) is 3.96. The van der Waals surface area contributed by atoms with Gasteiger partial charge in [0.15, 0.2) is 5.00 Å². The van der Waals surface area contributed by atoms with Crippen molar-refractivity contribution in [3.05, 3.63) is 21.1 Å². The van der Waals surface area contributed by atoms with Gasteiger partial charge in [-0.25, -0.2) is 0 Å². The molecule has 0 bridgehead atoms. The van der Waals surface area contributed by atoms with E-state index in [0.29, 0.717) is 10.9 Å². The molecule has 1 aromatic rings. The molecule has 1 N–H and O–H groups in total. The fraction of sp³-hybridized carbons (Fsp3) is 0.714. The Balaban J connectivity index is 2.39. The summed E-state index contributed by atoms with van der Waals surface area (Å²) >= 11 is 1.37. The van der Waals surface area contributed by atoms with Crippen LogP contribution in [0.1, 0.15) is 56.9 Å². The van der Waals surface area contributed by atoms with E-state index in [1.165, 1.54) is 30.2 Å². The highest BCUT2D eigenvalue weighted by Crippen LogP contribution is 2.42. The summed E-state index contributed by atoms with van der Waals surface area (Å²) in [5.41, 5.74) is 0.145. The zero-order chi connectivity index (χ0) is 14.7. The van der Waals surface area contributed by atoms with Gasteiger partial charge >= 0.3 is 5.69 Å². The van der Waals surface area contributed by atoms with Crippen molar-refractivity contribution in [2.75, 3.05) is 11.4 Å². The molecule has 0 radical (unpaired) electrons. The smallest absolute Gasteiger partial charge is 0.304 e. The summed E-state index contributed by atoms with van der Waals surface area (Å²) in [5.74, 6) is 0. The van der Waals surface area contributed by atoms with Crippen LogP contribution in [-0.4, -0.2) is 22.6 Å². The molecule has 0 saturated carbocycles. The maximum atomic E-state index is 11.3. The molecule has 1 saturated heterocycles. The number of hydrogen-bond donors (Lipinski definition) is 1. The SMILES string of the molecule is CCC1CCCCCN1c1sc(C(C)O)cc1[N+](=O)[O-]. The first kappa shape index (κ1) is 15.3. The van der Waals surface area contributed by atoms with Crippen LogP contribution in [0, 0.1) is 10.1 Å². The third-order valence-corrected chi connectivity index (χ3v) is 5.26. The van der Waals surface area contributed by atoms with Crippen LogP contribution in [-0.2, 0) is 0 Å². The summed E-state index contributed by atoms with van der Waals surface area (Å²) < 4.78 is 0. The molecule has 0 amide bonds. The molecule has 20 heavy (non-hydrogen) atoms. The van der Waals surface area contributed by atoms with Gasteiger partial charge in [-0.2, -0.15) is 0 Å². The number of nitrogens with zero attached hydrogens (tertiary/aromatic N) is 2. The number of rotatable bonds is 4. The molecular weight excluding hydrogens is 276 g/mol. The predicted octanol–water partition coefficient (Wildman–Crippen LogP) is 3.87. The van der Waals surface area contributed by atoms with Gasteiger partial charge < -0.3 is 10.0 Å². The van der Waals surface area contributed by atoms with E-state index in [1.54, 1.807) is 6.92 Å². The molecule has 6 heteroatoms. The first-order valence-electron chi connectivity index (χ1n) is 7.27. The number of aliphatic hydroxyl groups excluding tert-OH is 1. The Morgan fingerprint density at radius 3 is 2.90 bits per heavy atom. The van der Waals surface area contributed by atoms with E-state index in [-0.39, 0.29) is 10.6 Å². The number of aliphatic hydroxyl groups is 1. The summed E-state index contributed by atoms with van der Waals surface area (Å²) in [7, 11) is 0. The third-order valence-electron chi connectivity index (χ3n) is 3.93. The van der Waals surface area contributed by atoms with Crippen LogP contribution in [0.15, 0.2) is 6.07 Å². The van der Waals surface area contributed by atoms with Gasteiger partial charge in [-0.15, -0.1) is 11.3 Å². The second-order valence-corrected chi connectivity index (χ2v) is 6.44. The monoisotopic (exact) mass is 298 g/mol. The molecule has 0 aliphatic carbocycles. The third kappa shape index (κ3) is 3.12. The summed E-state index contributed by atoms with van der Waals surface area (Å²) in [6.45, 7) is 4.66. The molecule has 1 aromatic heterocycles. The van der Waals surface area contributed by atoms with Gasteiger partial charge in [0.1, 0.15) is 0 Å². The average Bonchev–Trinajstić information content (AvgIpc) is 2.72. The summed E-state index contributed by atoms with van der Waals surface area (Å²) in [5, 5.41) is 21.7. The van der Waals surface area contributed by atoms with Gasteiger partial charge in [-0.3, -0.25) is 10.1 Å². The Kier molecular flexibility index (Phi) is 4.99. The van der Waals surface area contributed by atoms with Crippen LogP contribution in [0.5, 0.6) is 0 Å². The molecule has 1 aliphatic heterocycles. The lowest BCUT2D eigenvalue weighted by atomic mass is 10.1. The van der Waals surface area contributed by atoms with Gasteiger partial charge in [0.05, 0.1) is 11.0 Å². The molecule has 5 nitrogen and oxygen atoms in total. The molecule has 112 valence electrons. The number of anilines is 1. The minimum absolute atomic E-state index is 0.145. The normalized spacial score (nSPS) is 21.6. The average molecular weight is 298 g/mol. The second-order valence-electron chi connectivity index (χ2n) is 5.38. The molecule has 2 heterocycles. The maximum absolute atomic E-state index is 11.3. The lowest BCUT2D eigenvalue weighted by Crippen LogP contribution is -2.34. The first-order valence-corrected chi connectivity index (χ1v) is 8.09. The highest BCUT2D eigenvalue weighted by molar-refractivity contribution is 7.16. The van der Waals surface area contributed by atoms with E-state index >= 15 is 0 Å². The molecule has 1 fully saturated rings. The standard InChI is InChI=1S/C14H22N2O3S/c1-3-11-7-5-4-6-8-15(11)14-12(16(18)19)9-13(20-14)10(2)17/h9-11,17H,3-8H2,1-2H3. The van der Waals surface area contributed by atoms with Crippen molar-refractivity contribution < 1.29 is 10.0 Å².